The van der Waals surface area contributed by atoms with Crippen LogP contribution in [0.4, 0.5) is 0 Å². The molecule has 26 heavy (non-hydrogen) atoms. The first kappa shape index (κ1) is 17.2. The molecule has 2 aromatic heterocycles. The Kier molecular flexibility index (Phi) is 5.29. The second kappa shape index (κ2) is 7.99. The Labute approximate surface area is 157 Å². The standard InChI is InChI=1S/C19H22N4O2S/c1-24-16-6-4-15(5-7-16)13-22-8-10-23(11-9-22)14-18-20-19(21-25-18)17-3-2-12-26-17/h2-7,12H,8-11,13-14H2,1H3. The van der Waals surface area contributed by atoms with E-state index in [-0.39, 0.29) is 0 Å². The van der Waals surface area contributed by atoms with Gasteiger partial charge in [0, 0.05) is 32.7 Å². The largest absolute Gasteiger partial charge is 0.497 e. The van der Waals surface area contributed by atoms with Crippen molar-refractivity contribution in [2.24, 2.45) is 0 Å². The van der Waals surface area contributed by atoms with Crippen molar-refractivity contribution >= 4 is 11.3 Å². The summed E-state index contributed by atoms with van der Waals surface area (Å²) < 4.78 is 10.6. The molecule has 6 nitrogen and oxygen atoms in total. The van der Waals surface area contributed by atoms with Gasteiger partial charge in [0.1, 0.15) is 5.75 Å². The highest BCUT2D eigenvalue weighted by molar-refractivity contribution is 7.13. The summed E-state index contributed by atoms with van der Waals surface area (Å²) in [6.07, 6.45) is 0. The number of ether oxygens (including phenoxy) is 1. The van der Waals surface area contributed by atoms with E-state index in [9.17, 15) is 0 Å². The monoisotopic (exact) mass is 370 g/mol. The molecule has 136 valence electrons. The molecular weight excluding hydrogens is 348 g/mol. The number of nitrogens with zero attached hydrogens (tertiary/aromatic N) is 4. The molecule has 0 amide bonds. The summed E-state index contributed by atoms with van der Waals surface area (Å²) in [5.74, 6) is 2.28. The Balaban J connectivity index is 1.27. The fourth-order valence-corrected chi connectivity index (χ4v) is 3.76. The van der Waals surface area contributed by atoms with E-state index in [0.717, 1.165) is 49.9 Å². The van der Waals surface area contributed by atoms with Gasteiger partial charge in [0.2, 0.25) is 11.7 Å². The lowest BCUT2D eigenvalue weighted by Gasteiger charge is -2.33. The van der Waals surface area contributed by atoms with Gasteiger partial charge in [-0.2, -0.15) is 4.98 Å². The van der Waals surface area contributed by atoms with Crippen LogP contribution in [0.3, 0.4) is 0 Å². The van der Waals surface area contributed by atoms with Crippen molar-refractivity contribution in [1.29, 1.82) is 0 Å². The number of piperazine rings is 1. The lowest BCUT2D eigenvalue weighted by atomic mass is 10.2. The number of methoxy groups -OCH3 is 1. The molecule has 1 aliphatic heterocycles. The normalized spacial score (nSPS) is 16.0. The van der Waals surface area contributed by atoms with Gasteiger partial charge in [-0.1, -0.05) is 23.4 Å². The predicted molar refractivity (Wildman–Crippen MR) is 101 cm³/mol. The maximum atomic E-state index is 5.41. The molecule has 7 heteroatoms. The summed E-state index contributed by atoms with van der Waals surface area (Å²) in [5, 5.41) is 6.11. The summed E-state index contributed by atoms with van der Waals surface area (Å²) >= 11 is 1.63. The molecule has 0 bridgehead atoms. The number of hydrogen-bond acceptors (Lipinski definition) is 7. The molecule has 0 aliphatic carbocycles. The second-order valence-electron chi connectivity index (χ2n) is 6.39. The van der Waals surface area contributed by atoms with Crippen molar-refractivity contribution in [2.45, 2.75) is 13.1 Å². The first-order valence-corrected chi connectivity index (χ1v) is 9.62. The topological polar surface area (TPSA) is 54.6 Å². The minimum absolute atomic E-state index is 0.688. The molecule has 3 heterocycles. The summed E-state index contributed by atoms with van der Waals surface area (Å²) in [5.41, 5.74) is 1.32. The number of rotatable bonds is 6. The molecule has 1 aromatic carbocycles. The quantitative estimate of drug-likeness (QED) is 0.664. The number of hydrogen-bond donors (Lipinski definition) is 0. The molecule has 0 radical (unpaired) electrons. The highest BCUT2D eigenvalue weighted by atomic mass is 32.1. The molecular formula is C19H22N4O2S. The van der Waals surface area contributed by atoms with E-state index in [1.807, 2.05) is 29.6 Å². The highest BCUT2D eigenvalue weighted by Gasteiger charge is 2.19. The van der Waals surface area contributed by atoms with E-state index in [1.54, 1.807) is 18.4 Å². The van der Waals surface area contributed by atoms with Crippen LogP contribution in [0.1, 0.15) is 11.5 Å². The van der Waals surface area contributed by atoms with Crippen LogP contribution in [-0.2, 0) is 13.1 Å². The van der Waals surface area contributed by atoms with Gasteiger partial charge >= 0.3 is 0 Å². The van der Waals surface area contributed by atoms with Gasteiger partial charge in [-0.25, -0.2) is 0 Å². The number of benzene rings is 1. The van der Waals surface area contributed by atoms with Gasteiger partial charge in [0.25, 0.3) is 0 Å². The SMILES string of the molecule is COc1ccc(CN2CCN(Cc3nc(-c4cccs4)no3)CC2)cc1. The van der Waals surface area contributed by atoms with Crippen LogP contribution in [0.5, 0.6) is 5.75 Å². The van der Waals surface area contributed by atoms with E-state index >= 15 is 0 Å². The van der Waals surface area contributed by atoms with E-state index < -0.39 is 0 Å². The minimum atomic E-state index is 0.688. The first-order chi connectivity index (χ1) is 12.8. The van der Waals surface area contributed by atoms with Gasteiger partial charge in [-0.3, -0.25) is 9.80 Å². The van der Waals surface area contributed by atoms with Gasteiger partial charge in [0.05, 0.1) is 18.5 Å². The smallest absolute Gasteiger partial charge is 0.241 e. The Morgan fingerprint density at radius 1 is 1.04 bits per heavy atom. The van der Waals surface area contributed by atoms with Gasteiger partial charge in [-0.15, -0.1) is 11.3 Å². The zero-order valence-corrected chi connectivity index (χ0v) is 15.6. The third-order valence-corrected chi connectivity index (χ3v) is 5.46. The third kappa shape index (κ3) is 4.12. The van der Waals surface area contributed by atoms with Gasteiger partial charge in [-0.05, 0) is 29.1 Å². The van der Waals surface area contributed by atoms with Crippen molar-refractivity contribution in [1.82, 2.24) is 19.9 Å². The molecule has 0 saturated carbocycles. The number of aromatic nitrogens is 2. The molecule has 1 fully saturated rings. The Bertz CT molecular complexity index is 808. The van der Waals surface area contributed by atoms with Crippen LogP contribution in [0.15, 0.2) is 46.3 Å². The molecule has 0 spiro atoms. The van der Waals surface area contributed by atoms with Crippen LogP contribution >= 0.6 is 11.3 Å². The molecule has 3 aromatic rings. The zero-order valence-electron chi connectivity index (χ0n) is 14.8. The summed E-state index contributed by atoms with van der Waals surface area (Å²) in [7, 11) is 1.70. The van der Waals surface area contributed by atoms with Crippen molar-refractivity contribution in [3.8, 4) is 16.5 Å². The lowest BCUT2D eigenvalue weighted by molar-refractivity contribution is 0.112. The molecule has 4 rings (SSSR count). The molecule has 1 aliphatic rings. The van der Waals surface area contributed by atoms with Crippen molar-refractivity contribution in [2.75, 3.05) is 33.3 Å². The third-order valence-electron chi connectivity index (χ3n) is 4.60. The van der Waals surface area contributed by atoms with Crippen LogP contribution in [0, 0.1) is 0 Å². The summed E-state index contributed by atoms with van der Waals surface area (Å²) in [6, 6.07) is 12.3. The van der Waals surface area contributed by atoms with E-state index in [4.69, 9.17) is 9.26 Å². The van der Waals surface area contributed by atoms with Crippen LogP contribution in [0.25, 0.3) is 10.7 Å². The lowest BCUT2D eigenvalue weighted by Crippen LogP contribution is -2.45. The van der Waals surface area contributed by atoms with Crippen LogP contribution in [0.2, 0.25) is 0 Å². The summed E-state index contributed by atoms with van der Waals surface area (Å²) in [6.45, 7) is 5.78. The van der Waals surface area contributed by atoms with E-state index in [0.29, 0.717) is 11.7 Å². The molecule has 0 unspecified atom stereocenters. The second-order valence-corrected chi connectivity index (χ2v) is 7.34. The summed E-state index contributed by atoms with van der Waals surface area (Å²) in [4.78, 5) is 10.4. The van der Waals surface area contributed by atoms with Gasteiger partial charge in [0.15, 0.2) is 0 Å². The van der Waals surface area contributed by atoms with Gasteiger partial charge < -0.3 is 9.26 Å². The first-order valence-electron chi connectivity index (χ1n) is 8.74. The maximum absolute atomic E-state index is 5.41. The Morgan fingerprint density at radius 3 is 2.42 bits per heavy atom. The fourth-order valence-electron chi connectivity index (χ4n) is 3.11. The van der Waals surface area contributed by atoms with Crippen molar-refractivity contribution < 1.29 is 9.26 Å². The average molecular weight is 370 g/mol. The Morgan fingerprint density at radius 2 is 1.77 bits per heavy atom. The molecule has 1 saturated heterocycles. The number of thiophene rings is 1. The maximum Gasteiger partial charge on any atom is 0.241 e. The zero-order chi connectivity index (χ0) is 17.8. The fraction of sp³-hybridized carbons (Fsp3) is 0.368. The highest BCUT2D eigenvalue weighted by Crippen LogP contribution is 2.22. The Hall–Kier alpha value is -2.22. The molecule has 0 N–H and O–H groups in total. The van der Waals surface area contributed by atoms with Crippen molar-refractivity contribution in [3.63, 3.8) is 0 Å². The van der Waals surface area contributed by atoms with Crippen LogP contribution in [-0.4, -0.2) is 53.2 Å². The van der Waals surface area contributed by atoms with Crippen molar-refractivity contribution in [3.05, 3.63) is 53.2 Å². The van der Waals surface area contributed by atoms with Crippen LogP contribution < -0.4 is 4.74 Å². The minimum Gasteiger partial charge on any atom is -0.497 e. The average Bonchev–Trinajstić information content (AvgIpc) is 3.36. The van der Waals surface area contributed by atoms with E-state index in [2.05, 4.69) is 32.1 Å². The van der Waals surface area contributed by atoms with E-state index in [1.165, 1.54) is 5.56 Å². The molecule has 0 atom stereocenters. The predicted octanol–water partition coefficient (Wildman–Crippen LogP) is 3.12.